The van der Waals surface area contributed by atoms with E-state index in [2.05, 4.69) is 27.1 Å². The lowest BCUT2D eigenvalue weighted by Gasteiger charge is -2.24. The summed E-state index contributed by atoms with van der Waals surface area (Å²) < 4.78 is 0. The van der Waals surface area contributed by atoms with Gasteiger partial charge in [0, 0.05) is 39.6 Å². The van der Waals surface area contributed by atoms with E-state index in [9.17, 15) is 4.79 Å². The zero-order valence-electron chi connectivity index (χ0n) is 14.2. The van der Waals surface area contributed by atoms with Gasteiger partial charge in [0.1, 0.15) is 0 Å². The summed E-state index contributed by atoms with van der Waals surface area (Å²) in [6, 6.07) is 0.391. The first kappa shape index (κ1) is 18.5. The van der Waals surface area contributed by atoms with Crippen LogP contribution < -0.4 is 10.6 Å². The van der Waals surface area contributed by atoms with Crippen molar-refractivity contribution in [1.82, 2.24) is 15.5 Å². The Labute approximate surface area is 135 Å². The van der Waals surface area contributed by atoms with Gasteiger partial charge in [0.2, 0.25) is 5.91 Å². The average molecular weight is 308 g/mol. The fourth-order valence-corrected chi connectivity index (χ4v) is 2.80. The number of nitrogens with one attached hydrogen (secondary N) is 2. The Balaban J connectivity index is 2.19. The molecule has 0 spiro atoms. The number of nitrogens with zero attached hydrogens (tertiary/aromatic N) is 2. The summed E-state index contributed by atoms with van der Waals surface area (Å²) in [4.78, 5) is 18.3. The Morgan fingerprint density at radius 2 is 2.09 bits per heavy atom. The van der Waals surface area contributed by atoms with Crippen LogP contribution in [-0.4, -0.2) is 50.0 Å². The van der Waals surface area contributed by atoms with Crippen LogP contribution in [0.3, 0.4) is 0 Å². The minimum Gasteiger partial charge on any atom is -0.356 e. The molecule has 0 bridgehead atoms. The summed E-state index contributed by atoms with van der Waals surface area (Å²) in [7, 11) is 3.79. The number of rotatable bonds is 8. The van der Waals surface area contributed by atoms with Crippen molar-refractivity contribution in [2.75, 3.05) is 27.2 Å². The Morgan fingerprint density at radius 3 is 2.73 bits per heavy atom. The molecule has 22 heavy (non-hydrogen) atoms. The zero-order chi connectivity index (χ0) is 16.2. The van der Waals surface area contributed by atoms with Gasteiger partial charge in [-0.2, -0.15) is 0 Å². The first-order chi connectivity index (χ1) is 10.7. The molecule has 0 aliphatic heterocycles. The molecule has 1 fully saturated rings. The van der Waals surface area contributed by atoms with E-state index in [0.717, 1.165) is 38.2 Å². The summed E-state index contributed by atoms with van der Waals surface area (Å²) in [6.45, 7) is 5.28. The van der Waals surface area contributed by atoms with E-state index in [4.69, 9.17) is 0 Å². The normalized spacial score (nSPS) is 16.2. The van der Waals surface area contributed by atoms with Crippen molar-refractivity contribution in [3.8, 4) is 0 Å². The van der Waals surface area contributed by atoms with Gasteiger partial charge in [-0.05, 0) is 25.7 Å². The van der Waals surface area contributed by atoms with Gasteiger partial charge in [-0.3, -0.25) is 9.79 Å². The molecule has 1 amide bonds. The standard InChI is InChI=1S/C17H32N4O/c1-4-5-9-14-21(3)17(18-2)19-13-12-16(22)20-15-10-7-6-8-11-15/h4,15H,1,5-14H2,2-3H3,(H,18,19)(H,20,22). The summed E-state index contributed by atoms with van der Waals surface area (Å²) >= 11 is 0. The van der Waals surface area contributed by atoms with Crippen molar-refractivity contribution in [2.24, 2.45) is 4.99 Å². The maximum atomic E-state index is 11.9. The minimum absolute atomic E-state index is 0.143. The highest BCUT2D eigenvalue weighted by Crippen LogP contribution is 2.17. The molecule has 1 rings (SSSR count). The molecule has 0 atom stereocenters. The topological polar surface area (TPSA) is 56.7 Å². The molecule has 5 nitrogen and oxygen atoms in total. The fourth-order valence-electron chi connectivity index (χ4n) is 2.80. The number of carbonyl (C=O) groups excluding carboxylic acids is 1. The number of carbonyl (C=O) groups is 1. The molecule has 1 aliphatic rings. The second-order valence-electron chi connectivity index (χ2n) is 5.98. The lowest BCUT2D eigenvalue weighted by atomic mass is 9.95. The third-order valence-corrected chi connectivity index (χ3v) is 4.08. The van der Waals surface area contributed by atoms with Crippen molar-refractivity contribution in [2.45, 2.75) is 57.4 Å². The molecule has 5 heteroatoms. The largest absolute Gasteiger partial charge is 0.356 e. The van der Waals surface area contributed by atoms with Crippen molar-refractivity contribution in [1.29, 1.82) is 0 Å². The number of allylic oxidation sites excluding steroid dienone is 1. The maximum absolute atomic E-state index is 11.9. The molecule has 1 saturated carbocycles. The van der Waals surface area contributed by atoms with Crippen LogP contribution in [0.15, 0.2) is 17.6 Å². The number of hydrogen-bond donors (Lipinski definition) is 2. The lowest BCUT2D eigenvalue weighted by Crippen LogP contribution is -2.42. The van der Waals surface area contributed by atoms with Crippen molar-refractivity contribution < 1.29 is 4.79 Å². The highest BCUT2D eigenvalue weighted by atomic mass is 16.1. The number of guanidine groups is 1. The van der Waals surface area contributed by atoms with Gasteiger partial charge < -0.3 is 15.5 Å². The van der Waals surface area contributed by atoms with Crippen LogP contribution in [0.1, 0.15) is 51.4 Å². The van der Waals surface area contributed by atoms with Crippen LogP contribution in [0.25, 0.3) is 0 Å². The quantitative estimate of drug-likeness (QED) is 0.313. The molecule has 2 N–H and O–H groups in total. The molecule has 0 aromatic rings. The summed E-state index contributed by atoms with van der Waals surface area (Å²) in [5.41, 5.74) is 0. The van der Waals surface area contributed by atoms with Crippen LogP contribution in [0.4, 0.5) is 0 Å². The zero-order valence-corrected chi connectivity index (χ0v) is 14.2. The maximum Gasteiger partial charge on any atom is 0.221 e. The van der Waals surface area contributed by atoms with Gasteiger partial charge in [-0.1, -0.05) is 25.3 Å². The molecule has 0 aromatic carbocycles. The van der Waals surface area contributed by atoms with Crippen molar-refractivity contribution in [3.63, 3.8) is 0 Å². The molecular formula is C17H32N4O. The van der Waals surface area contributed by atoms with E-state index in [0.29, 0.717) is 19.0 Å². The number of hydrogen-bond acceptors (Lipinski definition) is 2. The number of unbranched alkanes of at least 4 members (excludes halogenated alkanes) is 1. The van der Waals surface area contributed by atoms with Crippen LogP contribution >= 0.6 is 0 Å². The van der Waals surface area contributed by atoms with E-state index in [1.807, 2.05) is 13.1 Å². The summed E-state index contributed by atoms with van der Waals surface area (Å²) in [5, 5.41) is 6.39. The molecule has 0 heterocycles. The monoisotopic (exact) mass is 308 g/mol. The van der Waals surface area contributed by atoms with Gasteiger partial charge in [-0.15, -0.1) is 6.58 Å². The van der Waals surface area contributed by atoms with Gasteiger partial charge >= 0.3 is 0 Å². The molecule has 1 aliphatic carbocycles. The van der Waals surface area contributed by atoms with Gasteiger partial charge in [0.25, 0.3) is 0 Å². The van der Waals surface area contributed by atoms with E-state index in [-0.39, 0.29) is 5.91 Å². The van der Waals surface area contributed by atoms with E-state index < -0.39 is 0 Å². The Hall–Kier alpha value is -1.52. The summed E-state index contributed by atoms with van der Waals surface area (Å²) in [6.07, 6.45) is 10.5. The first-order valence-electron chi connectivity index (χ1n) is 8.49. The molecule has 0 unspecified atom stereocenters. The predicted octanol–water partition coefficient (Wildman–Crippen LogP) is 2.30. The Morgan fingerprint density at radius 1 is 1.36 bits per heavy atom. The van der Waals surface area contributed by atoms with E-state index >= 15 is 0 Å². The molecular weight excluding hydrogens is 276 g/mol. The second-order valence-corrected chi connectivity index (χ2v) is 5.98. The smallest absolute Gasteiger partial charge is 0.221 e. The van der Waals surface area contributed by atoms with Crippen LogP contribution in [0, 0.1) is 0 Å². The second kappa shape index (κ2) is 11.1. The lowest BCUT2D eigenvalue weighted by molar-refractivity contribution is -0.121. The van der Waals surface area contributed by atoms with Crippen molar-refractivity contribution in [3.05, 3.63) is 12.7 Å². The van der Waals surface area contributed by atoms with Crippen LogP contribution in [-0.2, 0) is 4.79 Å². The van der Waals surface area contributed by atoms with Crippen molar-refractivity contribution >= 4 is 11.9 Å². The molecule has 0 radical (unpaired) electrons. The van der Waals surface area contributed by atoms with E-state index in [1.165, 1.54) is 19.3 Å². The highest BCUT2D eigenvalue weighted by molar-refractivity contribution is 5.81. The first-order valence-corrected chi connectivity index (χ1v) is 8.49. The number of amides is 1. The van der Waals surface area contributed by atoms with E-state index in [1.54, 1.807) is 7.05 Å². The number of aliphatic imine (C=N–C) groups is 1. The van der Waals surface area contributed by atoms with Gasteiger partial charge in [0.15, 0.2) is 5.96 Å². The third-order valence-electron chi connectivity index (χ3n) is 4.08. The Bertz CT molecular complexity index is 362. The third kappa shape index (κ3) is 7.48. The molecule has 0 saturated heterocycles. The van der Waals surface area contributed by atoms with Crippen LogP contribution in [0.2, 0.25) is 0 Å². The highest BCUT2D eigenvalue weighted by Gasteiger charge is 2.15. The SMILES string of the molecule is C=CCCCN(C)C(=NC)NCCC(=O)NC1CCCCC1. The average Bonchev–Trinajstić information content (AvgIpc) is 2.52. The van der Waals surface area contributed by atoms with Gasteiger partial charge in [0.05, 0.1) is 0 Å². The molecule has 0 aromatic heterocycles. The fraction of sp³-hybridized carbons (Fsp3) is 0.765. The minimum atomic E-state index is 0.143. The van der Waals surface area contributed by atoms with Gasteiger partial charge in [-0.25, -0.2) is 0 Å². The summed E-state index contributed by atoms with van der Waals surface area (Å²) in [5.74, 6) is 0.985. The predicted molar refractivity (Wildman–Crippen MR) is 93.1 cm³/mol. The Kier molecular flexibility index (Phi) is 9.35. The molecule has 126 valence electrons. The van der Waals surface area contributed by atoms with Crippen LogP contribution in [0.5, 0.6) is 0 Å².